The van der Waals surface area contributed by atoms with Crippen LogP contribution in [0.15, 0.2) is 47.5 Å². The number of benzene rings is 1. The Kier molecular flexibility index (Phi) is 4.14. The molecule has 4 rings (SSSR count). The van der Waals surface area contributed by atoms with E-state index in [1.165, 1.54) is 36.7 Å². The second-order valence-corrected chi connectivity index (χ2v) is 9.57. The summed E-state index contributed by atoms with van der Waals surface area (Å²) in [5.41, 5.74) is 5.31. The van der Waals surface area contributed by atoms with Crippen molar-refractivity contribution < 1.29 is 13.2 Å². The third-order valence-electron chi connectivity index (χ3n) is 5.81. The number of aromatic nitrogens is 1. The molecule has 1 fully saturated rings. The fourth-order valence-electron chi connectivity index (χ4n) is 4.19. The van der Waals surface area contributed by atoms with Gasteiger partial charge in [-0.05, 0) is 71.6 Å². The first kappa shape index (κ1) is 17.3. The van der Waals surface area contributed by atoms with Crippen molar-refractivity contribution in [2.24, 2.45) is 5.41 Å². The van der Waals surface area contributed by atoms with Gasteiger partial charge >= 0.3 is 0 Å². The van der Waals surface area contributed by atoms with Crippen LogP contribution in [0.2, 0.25) is 0 Å². The zero-order valence-corrected chi connectivity index (χ0v) is 16.0. The van der Waals surface area contributed by atoms with Crippen LogP contribution >= 0.6 is 0 Å². The second kappa shape index (κ2) is 6.23. The van der Waals surface area contributed by atoms with E-state index in [1.807, 2.05) is 24.4 Å². The molecule has 1 spiro atoms. The van der Waals surface area contributed by atoms with E-state index in [0.717, 1.165) is 24.0 Å². The summed E-state index contributed by atoms with van der Waals surface area (Å²) in [6, 6.07) is 11.3. The van der Waals surface area contributed by atoms with Crippen LogP contribution in [-0.2, 0) is 9.84 Å². The van der Waals surface area contributed by atoms with Crippen LogP contribution in [0.5, 0.6) is 5.88 Å². The molecule has 26 heavy (non-hydrogen) atoms. The molecule has 1 saturated carbocycles. The van der Waals surface area contributed by atoms with Crippen molar-refractivity contribution in [1.29, 1.82) is 0 Å². The zero-order valence-electron chi connectivity index (χ0n) is 15.2. The maximum Gasteiger partial charge on any atom is 0.212 e. The van der Waals surface area contributed by atoms with Crippen LogP contribution in [0.3, 0.4) is 0 Å². The highest BCUT2D eigenvalue weighted by molar-refractivity contribution is 7.90. The number of ether oxygens (including phenoxy) is 1. The van der Waals surface area contributed by atoms with Gasteiger partial charge < -0.3 is 4.74 Å². The van der Waals surface area contributed by atoms with Crippen LogP contribution in [0.4, 0.5) is 0 Å². The minimum Gasteiger partial charge on any atom is -0.481 e. The predicted octanol–water partition coefficient (Wildman–Crippen LogP) is 4.37. The van der Waals surface area contributed by atoms with Crippen LogP contribution < -0.4 is 4.74 Å². The van der Waals surface area contributed by atoms with Crippen LogP contribution in [0.25, 0.3) is 11.1 Å². The molecule has 0 amide bonds. The van der Waals surface area contributed by atoms with Gasteiger partial charge in [0.2, 0.25) is 5.88 Å². The Morgan fingerprint density at radius 3 is 2.04 bits per heavy atom. The lowest BCUT2D eigenvalue weighted by Crippen LogP contribution is -2.26. The SMILES string of the molecule is COc1ccc(C2=C(c3ccc(S(C)(=O)=O)cc3)CC3(CCC3)C2)cn1. The fraction of sp³-hybridized carbons (Fsp3) is 0.381. The zero-order chi connectivity index (χ0) is 18.4. The molecule has 0 radical (unpaired) electrons. The molecule has 0 bridgehead atoms. The highest BCUT2D eigenvalue weighted by atomic mass is 32.2. The predicted molar refractivity (Wildman–Crippen MR) is 103 cm³/mol. The highest BCUT2D eigenvalue weighted by Crippen LogP contribution is 2.59. The van der Waals surface area contributed by atoms with Gasteiger partial charge in [0.1, 0.15) is 0 Å². The largest absolute Gasteiger partial charge is 0.481 e. The van der Waals surface area contributed by atoms with Gasteiger partial charge in [-0.2, -0.15) is 0 Å². The Morgan fingerprint density at radius 1 is 0.962 bits per heavy atom. The fourth-order valence-corrected chi connectivity index (χ4v) is 4.82. The smallest absolute Gasteiger partial charge is 0.212 e. The summed E-state index contributed by atoms with van der Waals surface area (Å²) < 4.78 is 28.7. The Hall–Kier alpha value is -2.14. The van der Waals surface area contributed by atoms with E-state index in [9.17, 15) is 8.42 Å². The van der Waals surface area contributed by atoms with Crippen molar-refractivity contribution in [1.82, 2.24) is 4.98 Å². The standard InChI is InChI=1S/C21H23NO3S/c1-25-20-9-6-16(14-22-20)19-13-21(10-3-11-21)12-18(19)15-4-7-17(8-5-15)26(2,23)24/h4-9,14H,3,10-13H2,1-2H3. The lowest BCUT2D eigenvalue weighted by Gasteiger charge is -2.39. The summed E-state index contributed by atoms with van der Waals surface area (Å²) in [7, 11) is -1.55. The van der Waals surface area contributed by atoms with Gasteiger partial charge in [0.15, 0.2) is 9.84 Å². The number of allylic oxidation sites excluding steroid dienone is 2. The van der Waals surface area contributed by atoms with Crippen molar-refractivity contribution in [2.75, 3.05) is 13.4 Å². The normalized spacial score (nSPS) is 18.8. The van der Waals surface area contributed by atoms with E-state index in [-0.39, 0.29) is 0 Å². The molecule has 2 aliphatic rings. The maximum absolute atomic E-state index is 11.7. The molecule has 2 aliphatic carbocycles. The Bertz CT molecular complexity index is 953. The highest BCUT2D eigenvalue weighted by Gasteiger charge is 2.43. The molecule has 5 heteroatoms. The first-order valence-electron chi connectivity index (χ1n) is 8.93. The molecule has 136 valence electrons. The van der Waals surface area contributed by atoms with Crippen LogP contribution in [0, 0.1) is 5.41 Å². The van der Waals surface area contributed by atoms with Gasteiger partial charge in [-0.25, -0.2) is 13.4 Å². The molecule has 0 atom stereocenters. The first-order valence-corrected chi connectivity index (χ1v) is 10.8. The number of rotatable bonds is 4. The quantitative estimate of drug-likeness (QED) is 0.803. The van der Waals surface area contributed by atoms with Crippen LogP contribution in [-0.4, -0.2) is 26.8 Å². The van der Waals surface area contributed by atoms with Crippen molar-refractivity contribution in [3.05, 3.63) is 53.7 Å². The number of hydrogen-bond acceptors (Lipinski definition) is 4. The molecular formula is C21H23NO3S. The third kappa shape index (κ3) is 3.05. The van der Waals surface area contributed by atoms with E-state index in [2.05, 4.69) is 11.1 Å². The minimum atomic E-state index is -3.17. The number of hydrogen-bond donors (Lipinski definition) is 0. The minimum absolute atomic E-state index is 0.367. The number of pyridine rings is 1. The molecule has 2 aromatic rings. The molecule has 1 aromatic carbocycles. The number of nitrogens with zero attached hydrogens (tertiary/aromatic N) is 1. The molecule has 0 aliphatic heterocycles. The molecular weight excluding hydrogens is 346 g/mol. The Balaban J connectivity index is 1.75. The molecule has 1 aromatic heterocycles. The summed E-state index contributed by atoms with van der Waals surface area (Å²) in [6.07, 6.45) is 9.10. The van der Waals surface area contributed by atoms with Gasteiger partial charge in [0.05, 0.1) is 12.0 Å². The van der Waals surface area contributed by atoms with E-state index < -0.39 is 9.84 Å². The summed E-state index contributed by atoms with van der Waals surface area (Å²) in [6.45, 7) is 0. The monoisotopic (exact) mass is 369 g/mol. The number of methoxy groups -OCH3 is 1. The first-order chi connectivity index (χ1) is 12.4. The summed E-state index contributed by atoms with van der Waals surface area (Å²) >= 11 is 0. The Labute approximate surface area is 154 Å². The summed E-state index contributed by atoms with van der Waals surface area (Å²) in [5.74, 6) is 0.616. The molecule has 0 N–H and O–H groups in total. The van der Waals surface area contributed by atoms with E-state index in [4.69, 9.17) is 4.74 Å². The van der Waals surface area contributed by atoms with Gasteiger partial charge in [-0.15, -0.1) is 0 Å². The molecule has 1 heterocycles. The van der Waals surface area contributed by atoms with Gasteiger partial charge in [0.25, 0.3) is 0 Å². The summed E-state index contributed by atoms with van der Waals surface area (Å²) in [4.78, 5) is 4.74. The Morgan fingerprint density at radius 2 is 1.58 bits per heavy atom. The van der Waals surface area contributed by atoms with E-state index >= 15 is 0 Å². The van der Waals surface area contributed by atoms with Gasteiger partial charge in [-0.1, -0.05) is 18.6 Å². The molecule has 0 saturated heterocycles. The molecule has 0 unspecified atom stereocenters. The topological polar surface area (TPSA) is 56.3 Å². The lowest BCUT2D eigenvalue weighted by molar-refractivity contribution is 0.157. The average molecular weight is 369 g/mol. The third-order valence-corrected chi connectivity index (χ3v) is 6.94. The van der Waals surface area contributed by atoms with Crippen molar-refractivity contribution in [3.63, 3.8) is 0 Å². The summed E-state index contributed by atoms with van der Waals surface area (Å²) in [5, 5.41) is 0. The van der Waals surface area contributed by atoms with Crippen molar-refractivity contribution >= 4 is 21.0 Å². The van der Waals surface area contributed by atoms with Gasteiger partial charge in [0, 0.05) is 18.5 Å². The van der Waals surface area contributed by atoms with Crippen molar-refractivity contribution in [3.8, 4) is 5.88 Å². The van der Waals surface area contributed by atoms with E-state index in [0.29, 0.717) is 16.2 Å². The number of sulfone groups is 1. The average Bonchev–Trinajstić information content (AvgIpc) is 3.03. The van der Waals surface area contributed by atoms with Crippen molar-refractivity contribution in [2.45, 2.75) is 37.0 Å². The van der Waals surface area contributed by atoms with Gasteiger partial charge in [-0.3, -0.25) is 0 Å². The second-order valence-electron chi connectivity index (χ2n) is 7.55. The van der Waals surface area contributed by atoms with E-state index in [1.54, 1.807) is 19.2 Å². The maximum atomic E-state index is 11.7. The van der Waals surface area contributed by atoms with Crippen LogP contribution in [0.1, 0.15) is 43.2 Å². The molecule has 4 nitrogen and oxygen atoms in total. The lowest BCUT2D eigenvalue weighted by atomic mass is 9.66.